The van der Waals surface area contributed by atoms with E-state index < -0.39 is 0 Å². The molecular weight excluding hydrogens is 328 g/mol. The first-order chi connectivity index (χ1) is 11.0. The fraction of sp³-hybridized carbons (Fsp3) is 0.588. The first-order valence-electron chi connectivity index (χ1n) is 8.19. The lowest BCUT2D eigenvalue weighted by atomic mass is 10.2. The Balaban J connectivity index is 1.66. The van der Waals surface area contributed by atoms with Crippen LogP contribution in [-0.4, -0.2) is 73.2 Å². The molecule has 23 heavy (non-hydrogen) atoms. The molecule has 128 valence electrons. The molecule has 0 amide bonds. The van der Waals surface area contributed by atoms with Crippen LogP contribution in [0.3, 0.4) is 0 Å². The summed E-state index contributed by atoms with van der Waals surface area (Å²) in [7, 11) is 4.19. The van der Waals surface area contributed by atoms with Crippen LogP contribution in [0.15, 0.2) is 24.3 Å². The fourth-order valence-electron chi connectivity index (χ4n) is 2.66. The third-order valence-corrected chi connectivity index (χ3v) is 4.69. The largest absolute Gasteiger partial charge is 0.363 e. The second kappa shape index (κ2) is 9.42. The van der Waals surface area contributed by atoms with Gasteiger partial charge >= 0.3 is 0 Å². The van der Waals surface area contributed by atoms with Crippen LogP contribution in [0.25, 0.3) is 0 Å². The molecule has 1 aromatic rings. The van der Waals surface area contributed by atoms with Gasteiger partial charge in [0, 0.05) is 44.3 Å². The number of thiocarbonyl (C=S) groups is 1. The summed E-state index contributed by atoms with van der Waals surface area (Å²) >= 11 is 11.4. The summed E-state index contributed by atoms with van der Waals surface area (Å²) in [5.41, 5.74) is 1.31. The average molecular weight is 355 g/mol. The van der Waals surface area contributed by atoms with Crippen molar-refractivity contribution >= 4 is 28.9 Å². The van der Waals surface area contributed by atoms with Gasteiger partial charge in [-0.1, -0.05) is 23.7 Å². The molecule has 6 heteroatoms. The lowest BCUT2D eigenvalue weighted by Gasteiger charge is -2.36. The van der Waals surface area contributed by atoms with E-state index in [1.54, 1.807) is 0 Å². The van der Waals surface area contributed by atoms with Crippen molar-refractivity contribution in [3.8, 4) is 0 Å². The fourth-order valence-corrected chi connectivity index (χ4v) is 3.07. The number of nitrogens with zero attached hydrogens (tertiary/aromatic N) is 3. The summed E-state index contributed by atoms with van der Waals surface area (Å²) in [6.45, 7) is 7.09. The normalized spacial score (nSPS) is 15.9. The van der Waals surface area contributed by atoms with Crippen molar-refractivity contribution < 1.29 is 0 Å². The Morgan fingerprint density at radius 1 is 1.17 bits per heavy atom. The van der Waals surface area contributed by atoms with E-state index in [1.165, 1.54) is 5.56 Å². The van der Waals surface area contributed by atoms with Crippen LogP contribution < -0.4 is 5.32 Å². The molecule has 1 N–H and O–H groups in total. The molecule has 0 aliphatic carbocycles. The van der Waals surface area contributed by atoms with E-state index >= 15 is 0 Å². The third kappa shape index (κ3) is 6.63. The van der Waals surface area contributed by atoms with E-state index in [9.17, 15) is 0 Å². The van der Waals surface area contributed by atoms with Crippen molar-refractivity contribution in [3.05, 3.63) is 34.9 Å². The molecule has 2 rings (SSSR count). The molecule has 0 atom stereocenters. The predicted molar refractivity (Wildman–Crippen MR) is 102 cm³/mol. The molecule has 1 aliphatic rings. The first-order valence-corrected chi connectivity index (χ1v) is 8.97. The molecule has 0 spiro atoms. The lowest BCUT2D eigenvalue weighted by Crippen LogP contribution is -2.51. The van der Waals surface area contributed by atoms with E-state index in [2.05, 4.69) is 46.2 Å². The van der Waals surface area contributed by atoms with Gasteiger partial charge in [0.15, 0.2) is 5.11 Å². The van der Waals surface area contributed by atoms with Crippen LogP contribution in [0.2, 0.25) is 5.02 Å². The van der Waals surface area contributed by atoms with Crippen LogP contribution in [-0.2, 0) is 6.54 Å². The van der Waals surface area contributed by atoms with Crippen LogP contribution in [0.5, 0.6) is 0 Å². The van der Waals surface area contributed by atoms with Gasteiger partial charge in [-0.05, 0) is 57.0 Å². The van der Waals surface area contributed by atoms with Crippen LogP contribution in [0.1, 0.15) is 12.0 Å². The highest BCUT2D eigenvalue weighted by Crippen LogP contribution is 2.13. The molecule has 4 nitrogen and oxygen atoms in total. The van der Waals surface area contributed by atoms with Crippen LogP contribution in [0, 0.1) is 0 Å². The van der Waals surface area contributed by atoms with Gasteiger partial charge in [-0.25, -0.2) is 0 Å². The Morgan fingerprint density at radius 3 is 2.43 bits per heavy atom. The summed E-state index contributed by atoms with van der Waals surface area (Å²) in [5, 5.41) is 5.07. The van der Waals surface area contributed by atoms with E-state index in [0.717, 1.165) is 62.4 Å². The molecule has 1 aromatic carbocycles. The summed E-state index contributed by atoms with van der Waals surface area (Å²) in [5.74, 6) is 0. The Bertz CT molecular complexity index is 484. The van der Waals surface area contributed by atoms with Crippen molar-refractivity contribution in [3.63, 3.8) is 0 Å². The Labute approximate surface area is 150 Å². The van der Waals surface area contributed by atoms with Crippen molar-refractivity contribution in [1.29, 1.82) is 0 Å². The lowest BCUT2D eigenvalue weighted by molar-refractivity contribution is 0.174. The number of benzene rings is 1. The van der Waals surface area contributed by atoms with Gasteiger partial charge in [0.1, 0.15) is 0 Å². The van der Waals surface area contributed by atoms with Gasteiger partial charge in [-0.3, -0.25) is 4.90 Å². The zero-order valence-corrected chi connectivity index (χ0v) is 15.7. The van der Waals surface area contributed by atoms with E-state index in [4.69, 9.17) is 23.8 Å². The monoisotopic (exact) mass is 354 g/mol. The second-order valence-electron chi connectivity index (χ2n) is 6.28. The van der Waals surface area contributed by atoms with Gasteiger partial charge in [0.25, 0.3) is 0 Å². The molecule has 1 saturated heterocycles. The van der Waals surface area contributed by atoms with Crippen molar-refractivity contribution in [2.45, 2.75) is 13.0 Å². The highest BCUT2D eigenvalue weighted by molar-refractivity contribution is 7.80. The van der Waals surface area contributed by atoms with Crippen molar-refractivity contribution in [2.24, 2.45) is 0 Å². The topological polar surface area (TPSA) is 21.8 Å². The van der Waals surface area contributed by atoms with Gasteiger partial charge in [0.05, 0.1) is 0 Å². The first kappa shape index (κ1) is 18.5. The number of halogens is 1. The van der Waals surface area contributed by atoms with Crippen LogP contribution in [0.4, 0.5) is 0 Å². The molecule has 1 aliphatic heterocycles. The molecule has 0 saturated carbocycles. The number of rotatable bonds is 6. The molecule has 1 fully saturated rings. The number of piperazine rings is 1. The maximum Gasteiger partial charge on any atom is 0.169 e. The van der Waals surface area contributed by atoms with E-state index in [1.807, 2.05) is 12.1 Å². The quantitative estimate of drug-likeness (QED) is 0.623. The predicted octanol–water partition coefficient (Wildman–Crippen LogP) is 2.28. The minimum Gasteiger partial charge on any atom is -0.363 e. The molecular formula is C17H27ClN4S. The smallest absolute Gasteiger partial charge is 0.169 e. The standard InChI is InChI=1S/C17H27ClN4S/c1-20(2)9-3-8-19-17(23)22-12-10-21(11-13-22)14-15-4-6-16(18)7-5-15/h4-7H,3,8-14H2,1-2H3,(H,19,23). The number of hydrogen-bond acceptors (Lipinski definition) is 3. The summed E-state index contributed by atoms with van der Waals surface area (Å²) in [6.07, 6.45) is 1.11. The summed E-state index contributed by atoms with van der Waals surface area (Å²) in [4.78, 5) is 6.94. The highest BCUT2D eigenvalue weighted by atomic mass is 35.5. The second-order valence-corrected chi connectivity index (χ2v) is 7.10. The maximum absolute atomic E-state index is 5.93. The Kier molecular flexibility index (Phi) is 7.56. The number of nitrogens with one attached hydrogen (secondary N) is 1. The molecule has 0 radical (unpaired) electrons. The average Bonchev–Trinajstić information content (AvgIpc) is 2.54. The van der Waals surface area contributed by atoms with Crippen molar-refractivity contribution in [1.82, 2.24) is 20.0 Å². The maximum atomic E-state index is 5.93. The zero-order chi connectivity index (χ0) is 16.7. The minimum atomic E-state index is 0.796. The molecule has 0 bridgehead atoms. The SMILES string of the molecule is CN(C)CCCNC(=S)N1CCN(Cc2ccc(Cl)cc2)CC1. The van der Waals surface area contributed by atoms with Gasteiger partial charge in [0.2, 0.25) is 0 Å². The van der Waals surface area contributed by atoms with Gasteiger partial charge in [-0.2, -0.15) is 0 Å². The third-order valence-electron chi connectivity index (χ3n) is 4.04. The minimum absolute atomic E-state index is 0.796. The summed E-state index contributed by atoms with van der Waals surface area (Å²) < 4.78 is 0. The molecule has 0 aromatic heterocycles. The summed E-state index contributed by atoms with van der Waals surface area (Å²) in [6, 6.07) is 8.12. The highest BCUT2D eigenvalue weighted by Gasteiger charge is 2.18. The van der Waals surface area contributed by atoms with E-state index in [0.29, 0.717) is 0 Å². The Hall–Kier alpha value is -0.880. The van der Waals surface area contributed by atoms with Crippen molar-refractivity contribution in [2.75, 3.05) is 53.4 Å². The zero-order valence-electron chi connectivity index (χ0n) is 14.1. The number of hydrogen-bond donors (Lipinski definition) is 1. The van der Waals surface area contributed by atoms with Gasteiger partial charge < -0.3 is 15.1 Å². The Morgan fingerprint density at radius 2 is 1.83 bits per heavy atom. The van der Waals surface area contributed by atoms with Gasteiger partial charge in [-0.15, -0.1) is 0 Å². The molecule has 1 heterocycles. The molecule has 0 unspecified atom stereocenters. The van der Waals surface area contributed by atoms with E-state index in [-0.39, 0.29) is 0 Å². The van der Waals surface area contributed by atoms with Crippen LogP contribution >= 0.6 is 23.8 Å².